The summed E-state index contributed by atoms with van der Waals surface area (Å²) >= 11 is 2.92. The Hall–Kier alpha value is -3.03. The lowest BCUT2D eigenvalue weighted by Crippen LogP contribution is -2.40. The van der Waals surface area contributed by atoms with Crippen molar-refractivity contribution in [2.24, 2.45) is 0 Å². The van der Waals surface area contributed by atoms with E-state index in [0.29, 0.717) is 43.7 Å². The number of thioether (sulfide) groups is 1. The Morgan fingerprint density at radius 1 is 1.05 bits per heavy atom. The lowest BCUT2D eigenvalue weighted by atomic mass is 10.2. The van der Waals surface area contributed by atoms with E-state index in [1.807, 2.05) is 59.3 Å². The molecule has 5 rings (SSSR count). The van der Waals surface area contributed by atoms with Gasteiger partial charge in [0.05, 0.1) is 34.8 Å². The Morgan fingerprint density at radius 2 is 1.79 bits per heavy atom. The van der Waals surface area contributed by atoms with Crippen LogP contribution in [0.15, 0.2) is 82.2 Å². The van der Waals surface area contributed by atoms with Gasteiger partial charge in [-0.3, -0.25) is 9.36 Å². The van der Waals surface area contributed by atoms with Gasteiger partial charge in [0, 0.05) is 18.8 Å². The zero-order valence-corrected chi connectivity index (χ0v) is 23.1. The minimum Gasteiger partial charge on any atom is -0.379 e. The molecule has 1 aliphatic rings. The molecule has 2 aromatic carbocycles. The summed E-state index contributed by atoms with van der Waals surface area (Å²) in [4.78, 5) is 14.2. The van der Waals surface area contributed by atoms with Gasteiger partial charge in [-0.2, -0.15) is 4.31 Å². The summed E-state index contributed by atoms with van der Waals surface area (Å²) in [6.45, 7) is 3.82. The topological polar surface area (TPSA) is 106 Å². The van der Waals surface area contributed by atoms with Crippen molar-refractivity contribution in [3.05, 3.63) is 77.7 Å². The smallest absolute Gasteiger partial charge is 0.243 e. The normalized spacial score (nSPS) is 15.3. The number of benzene rings is 2. The molecule has 198 valence electrons. The number of nitrogens with zero attached hydrogens (tertiary/aromatic N) is 4. The van der Waals surface area contributed by atoms with Crippen LogP contribution in [0.5, 0.6) is 0 Å². The van der Waals surface area contributed by atoms with Crippen LogP contribution in [0.4, 0.5) is 5.69 Å². The van der Waals surface area contributed by atoms with Crippen LogP contribution >= 0.6 is 23.1 Å². The number of hydrogen-bond donors (Lipinski definition) is 1. The minimum atomic E-state index is -3.59. The van der Waals surface area contributed by atoms with Crippen LogP contribution in [0.25, 0.3) is 10.7 Å². The molecule has 1 fully saturated rings. The molecule has 0 radical (unpaired) electrons. The van der Waals surface area contributed by atoms with E-state index in [9.17, 15) is 13.2 Å². The van der Waals surface area contributed by atoms with E-state index < -0.39 is 15.3 Å². The van der Waals surface area contributed by atoms with Crippen molar-refractivity contribution >= 4 is 44.7 Å². The number of carbonyl (C=O) groups is 1. The van der Waals surface area contributed by atoms with Gasteiger partial charge in [-0.1, -0.05) is 48.2 Å². The summed E-state index contributed by atoms with van der Waals surface area (Å²) in [5, 5.41) is 13.9. The van der Waals surface area contributed by atoms with E-state index in [1.54, 1.807) is 23.5 Å². The van der Waals surface area contributed by atoms with E-state index in [1.165, 1.54) is 28.2 Å². The second kappa shape index (κ2) is 11.8. The van der Waals surface area contributed by atoms with Crippen LogP contribution in [0.1, 0.15) is 12.5 Å². The van der Waals surface area contributed by atoms with Crippen LogP contribution in [-0.4, -0.2) is 64.9 Å². The summed E-state index contributed by atoms with van der Waals surface area (Å²) in [7, 11) is -3.59. The van der Waals surface area contributed by atoms with Gasteiger partial charge in [-0.05, 0) is 48.2 Å². The quantitative estimate of drug-likeness (QED) is 0.301. The van der Waals surface area contributed by atoms with Gasteiger partial charge >= 0.3 is 0 Å². The van der Waals surface area contributed by atoms with Crippen molar-refractivity contribution in [1.82, 2.24) is 19.1 Å². The van der Waals surface area contributed by atoms with Gasteiger partial charge in [0.2, 0.25) is 15.9 Å². The number of rotatable bonds is 9. The predicted octanol–water partition coefficient (Wildman–Crippen LogP) is 4.20. The van der Waals surface area contributed by atoms with Gasteiger partial charge in [-0.25, -0.2) is 8.42 Å². The molecule has 1 saturated heterocycles. The predicted molar refractivity (Wildman–Crippen MR) is 149 cm³/mol. The SMILES string of the molecule is C[C@H](Sc1nnc(-c2cccs2)n1Cc1ccccc1)C(=O)Nc1ccc(S(=O)(=O)N2CCOCC2)cc1. The number of aromatic nitrogens is 3. The van der Waals surface area contributed by atoms with Crippen LogP contribution in [0.2, 0.25) is 0 Å². The van der Waals surface area contributed by atoms with E-state index in [2.05, 4.69) is 15.5 Å². The highest BCUT2D eigenvalue weighted by atomic mass is 32.2. The molecule has 0 spiro atoms. The number of morpholine rings is 1. The molecule has 38 heavy (non-hydrogen) atoms. The standard InChI is InChI=1S/C26H27N5O4S3/c1-19(25(32)27-21-9-11-22(12-10-21)38(33,34)30-13-15-35-16-14-30)37-26-29-28-24(23-8-5-17-36-23)31(26)18-20-6-3-2-4-7-20/h2-12,17,19H,13-16,18H2,1H3,(H,27,32)/t19-/m0/s1. The molecule has 1 aliphatic heterocycles. The fraction of sp³-hybridized carbons (Fsp3) is 0.269. The molecule has 1 amide bonds. The molecule has 0 saturated carbocycles. The average molecular weight is 570 g/mol. The minimum absolute atomic E-state index is 0.190. The highest BCUT2D eigenvalue weighted by Gasteiger charge is 2.26. The highest BCUT2D eigenvalue weighted by molar-refractivity contribution is 8.00. The van der Waals surface area contributed by atoms with Gasteiger partial charge in [0.1, 0.15) is 0 Å². The number of thiophene rings is 1. The monoisotopic (exact) mass is 569 g/mol. The van der Waals surface area contributed by atoms with Gasteiger partial charge in [0.25, 0.3) is 0 Å². The highest BCUT2D eigenvalue weighted by Crippen LogP contribution is 2.30. The largest absolute Gasteiger partial charge is 0.379 e. The molecule has 1 atom stereocenters. The maximum absolute atomic E-state index is 13.0. The number of amides is 1. The Bertz CT molecular complexity index is 1470. The third-order valence-electron chi connectivity index (χ3n) is 6.02. The lowest BCUT2D eigenvalue weighted by molar-refractivity contribution is -0.115. The number of ether oxygens (including phenoxy) is 1. The average Bonchev–Trinajstić information content (AvgIpc) is 3.60. The molecule has 1 N–H and O–H groups in total. The third-order valence-corrected chi connectivity index (χ3v) is 9.88. The zero-order chi connectivity index (χ0) is 26.5. The summed E-state index contributed by atoms with van der Waals surface area (Å²) < 4.78 is 34.4. The second-order valence-electron chi connectivity index (χ2n) is 8.65. The molecule has 0 aliphatic carbocycles. The summed E-state index contributed by atoms with van der Waals surface area (Å²) in [5.74, 6) is 0.543. The second-order valence-corrected chi connectivity index (χ2v) is 12.8. The number of nitrogens with one attached hydrogen (secondary N) is 1. The Balaban J connectivity index is 1.28. The third kappa shape index (κ3) is 6.00. The zero-order valence-electron chi connectivity index (χ0n) is 20.7. The number of carbonyl (C=O) groups excluding carboxylic acids is 1. The van der Waals surface area contributed by atoms with Crippen molar-refractivity contribution in [3.8, 4) is 10.7 Å². The van der Waals surface area contributed by atoms with Gasteiger partial charge < -0.3 is 10.1 Å². The molecule has 0 unspecified atom stereocenters. The number of anilines is 1. The molecular weight excluding hydrogens is 543 g/mol. The maximum Gasteiger partial charge on any atom is 0.243 e. The molecule has 3 heterocycles. The van der Waals surface area contributed by atoms with Crippen molar-refractivity contribution in [2.75, 3.05) is 31.6 Å². The van der Waals surface area contributed by atoms with Crippen LogP contribution in [0, 0.1) is 0 Å². The first-order valence-electron chi connectivity index (χ1n) is 12.1. The van der Waals surface area contributed by atoms with Crippen molar-refractivity contribution < 1.29 is 17.9 Å². The van der Waals surface area contributed by atoms with Gasteiger partial charge in [0.15, 0.2) is 11.0 Å². The fourth-order valence-corrected chi connectivity index (χ4v) is 6.95. The van der Waals surface area contributed by atoms with Crippen LogP contribution < -0.4 is 5.32 Å². The summed E-state index contributed by atoms with van der Waals surface area (Å²) in [6, 6.07) is 20.3. The first-order valence-corrected chi connectivity index (χ1v) is 15.3. The molecule has 9 nitrogen and oxygen atoms in total. The first-order chi connectivity index (χ1) is 18.4. The number of hydrogen-bond acceptors (Lipinski definition) is 8. The lowest BCUT2D eigenvalue weighted by Gasteiger charge is -2.26. The van der Waals surface area contributed by atoms with Crippen LogP contribution in [0.3, 0.4) is 0 Å². The van der Waals surface area contributed by atoms with Crippen molar-refractivity contribution in [1.29, 1.82) is 0 Å². The van der Waals surface area contributed by atoms with E-state index in [4.69, 9.17) is 4.74 Å². The van der Waals surface area contributed by atoms with Crippen molar-refractivity contribution in [2.45, 2.75) is 28.8 Å². The van der Waals surface area contributed by atoms with E-state index in [0.717, 1.165) is 16.3 Å². The molecule has 2 aromatic heterocycles. The maximum atomic E-state index is 13.0. The van der Waals surface area contributed by atoms with Crippen molar-refractivity contribution in [3.63, 3.8) is 0 Å². The molecule has 12 heteroatoms. The molecular formula is C26H27N5O4S3. The van der Waals surface area contributed by atoms with E-state index >= 15 is 0 Å². The molecule has 0 bridgehead atoms. The Kier molecular flexibility index (Phi) is 8.24. The Labute approximate surface area is 229 Å². The van der Waals surface area contributed by atoms with E-state index in [-0.39, 0.29) is 10.8 Å². The Morgan fingerprint density at radius 3 is 2.47 bits per heavy atom. The fourth-order valence-electron chi connectivity index (χ4n) is 3.97. The summed E-state index contributed by atoms with van der Waals surface area (Å²) in [6.07, 6.45) is 0. The number of sulfonamides is 1. The first kappa shape index (κ1) is 26.6. The summed E-state index contributed by atoms with van der Waals surface area (Å²) in [5.41, 5.74) is 1.63. The van der Waals surface area contributed by atoms with Crippen LogP contribution in [-0.2, 0) is 26.1 Å². The molecule has 4 aromatic rings. The van der Waals surface area contributed by atoms with Gasteiger partial charge in [-0.15, -0.1) is 21.5 Å².